The Morgan fingerprint density at radius 2 is 1.68 bits per heavy atom. The fourth-order valence-corrected chi connectivity index (χ4v) is 4.56. The minimum absolute atomic E-state index is 0.0829. The molecule has 1 saturated heterocycles. The lowest BCUT2D eigenvalue weighted by atomic mass is 10.2. The monoisotopic (exact) mass is 475 g/mol. The molecule has 2 amide bonds. The Hall–Kier alpha value is -3.78. The molecular weight excluding hydrogens is 450 g/mol. The summed E-state index contributed by atoms with van der Waals surface area (Å²) in [5.41, 5.74) is 2.30. The first kappa shape index (κ1) is 23.4. The normalized spacial score (nSPS) is 16.0. The Bertz CT molecular complexity index is 1180. The summed E-state index contributed by atoms with van der Waals surface area (Å²) in [4.78, 5) is 32.0. The smallest absolute Gasteiger partial charge is 0.248 e. The molecule has 0 spiro atoms. The van der Waals surface area contributed by atoms with Gasteiger partial charge in [0, 0.05) is 12.1 Å². The summed E-state index contributed by atoms with van der Waals surface area (Å²) >= 11 is 1.26. The third-order valence-electron chi connectivity index (χ3n) is 5.27. The number of hydrogen-bond acceptors (Lipinski definition) is 6. The maximum absolute atomic E-state index is 13.2. The minimum atomic E-state index is -0.594. The molecule has 4 rings (SSSR count). The van der Waals surface area contributed by atoms with Crippen molar-refractivity contribution in [2.75, 3.05) is 24.4 Å². The van der Waals surface area contributed by atoms with Crippen molar-refractivity contribution < 1.29 is 19.1 Å². The average molecular weight is 476 g/mol. The van der Waals surface area contributed by atoms with Crippen molar-refractivity contribution in [1.29, 1.82) is 0 Å². The first-order valence-electron chi connectivity index (χ1n) is 10.7. The number of methoxy groups -OCH3 is 2. The van der Waals surface area contributed by atoms with Gasteiger partial charge < -0.3 is 14.8 Å². The molecule has 1 atom stereocenters. The number of para-hydroxylation sites is 3. The fourth-order valence-electron chi connectivity index (χ4n) is 3.54. The van der Waals surface area contributed by atoms with E-state index in [-0.39, 0.29) is 18.2 Å². The Morgan fingerprint density at radius 1 is 0.971 bits per heavy atom. The van der Waals surface area contributed by atoms with Gasteiger partial charge in [-0.3, -0.25) is 14.6 Å². The summed E-state index contributed by atoms with van der Waals surface area (Å²) in [6.45, 7) is 0.414. The quantitative estimate of drug-likeness (QED) is 0.302. The summed E-state index contributed by atoms with van der Waals surface area (Å²) in [7, 11) is 3.14. The van der Waals surface area contributed by atoms with E-state index in [2.05, 4.69) is 5.32 Å². The predicted molar refractivity (Wildman–Crippen MR) is 136 cm³/mol. The summed E-state index contributed by atoms with van der Waals surface area (Å²) in [6.07, 6.45) is 0.0829. The van der Waals surface area contributed by atoms with Crippen LogP contribution in [0.2, 0.25) is 0 Å². The van der Waals surface area contributed by atoms with Gasteiger partial charge in [-0.2, -0.15) is 0 Å². The van der Waals surface area contributed by atoms with Crippen LogP contribution in [0.4, 0.5) is 11.4 Å². The number of thioether (sulfide) groups is 1. The number of amides is 2. The Labute approximate surface area is 202 Å². The van der Waals surface area contributed by atoms with E-state index < -0.39 is 5.25 Å². The molecule has 0 aliphatic carbocycles. The number of imide groups is 1. The van der Waals surface area contributed by atoms with E-state index in [1.165, 1.54) is 23.8 Å². The van der Waals surface area contributed by atoms with Crippen LogP contribution in [0.5, 0.6) is 11.5 Å². The second kappa shape index (κ2) is 10.9. The van der Waals surface area contributed by atoms with Crippen LogP contribution in [0.25, 0.3) is 0 Å². The van der Waals surface area contributed by atoms with E-state index in [9.17, 15) is 9.59 Å². The number of rotatable bonds is 7. The molecule has 0 bridgehead atoms. The predicted octanol–water partition coefficient (Wildman–Crippen LogP) is 4.74. The van der Waals surface area contributed by atoms with Crippen molar-refractivity contribution in [1.82, 2.24) is 0 Å². The number of benzene rings is 3. The topological polar surface area (TPSA) is 80.2 Å². The van der Waals surface area contributed by atoms with Gasteiger partial charge in [0.15, 0.2) is 5.17 Å². The first-order valence-corrected chi connectivity index (χ1v) is 11.6. The highest BCUT2D eigenvalue weighted by molar-refractivity contribution is 8.15. The number of aliphatic imine (C=N–C) groups is 1. The fraction of sp³-hybridized carbons (Fsp3) is 0.192. The van der Waals surface area contributed by atoms with Crippen LogP contribution in [0.1, 0.15) is 12.0 Å². The van der Waals surface area contributed by atoms with Crippen molar-refractivity contribution in [2.45, 2.75) is 18.2 Å². The van der Waals surface area contributed by atoms with Crippen LogP contribution in [-0.2, 0) is 16.1 Å². The molecule has 3 aromatic rings. The van der Waals surface area contributed by atoms with Crippen LogP contribution in [0, 0.1) is 0 Å². The van der Waals surface area contributed by atoms with Crippen LogP contribution >= 0.6 is 11.8 Å². The number of nitrogens with zero attached hydrogens (tertiary/aromatic N) is 2. The van der Waals surface area contributed by atoms with Gasteiger partial charge in [0.05, 0.1) is 26.5 Å². The van der Waals surface area contributed by atoms with Crippen molar-refractivity contribution >= 4 is 40.1 Å². The molecule has 0 aromatic heterocycles. The second-order valence-electron chi connectivity index (χ2n) is 7.51. The third kappa shape index (κ3) is 5.40. The number of carbonyl (C=O) groups is 2. The molecule has 1 unspecified atom stereocenters. The van der Waals surface area contributed by atoms with Crippen molar-refractivity contribution in [2.24, 2.45) is 4.99 Å². The van der Waals surface area contributed by atoms with Crippen LogP contribution in [-0.4, -0.2) is 36.5 Å². The number of nitrogens with one attached hydrogen (secondary N) is 1. The Kier molecular flexibility index (Phi) is 7.49. The van der Waals surface area contributed by atoms with Gasteiger partial charge in [0.2, 0.25) is 11.8 Å². The summed E-state index contributed by atoms with van der Waals surface area (Å²) < 4.78 is 10.6. The molecule has 0 radical (unpaired) electrons. The van der Waals surface area contributed by atoms with E-state index in [0.717, 1.165) is 17.0 Å². The second-order valence-corrected chi connectivity index (χ2v) is 8.70. The largest absolute Gasteiger partial charge is 0.497 e. The maximum Gasteiger partial charge on any atom is 0.248 e. The van der Waals surface area contributed by atoms with Crippen molar-refractivity contribution in [3.8, 4) is 11.5 Å². The van der Waals surface area contributed by atoms with Gasteiger partial charge in [-0.15, -0.1) is 0 Å². The van der Waals surface area contributed by atoms with Gasteiger partial charge in [0.1, 0.15) is 16.7 Å². The molecule has 174 valence electrons. The molecule has 8 heteroatoms. The van der Waals surface area contributed by atoms with E-state index >= 15 is 0 Å². The SMILES string of the molecule is COc1ccc(CN=C(Nc2ccccc2)SC2CC(=O)N(c3ccccc3OC)C2=O)cc1. The minimum Gasteiger partial charge on any atom is -0.497 e. The molecule has 1 aliphatic heterocycles. The van der Waals surface area contributed by atoms with Crippen LogP contribution in [0.3, 0.4) is 0 Å². The van der Waals surface area contributed by atoms with E-state index in [4.69, 9.17) is 14.5 Å². The van der Waals surface area contributed by atoms with Crippen LogP contribution < -0.4 is 19.7 Å². The lowest BCUT2D eigenvalue weighted by Crippen LogP contribution is -2.32. The summed E-state index contributed by atoms with van der Waals surface area (Å²) in [6, 6.07) is 24.3. The highest BCUT2D eigenvalue weighted by atomic mass is 32.2. The maximum atomic E-state index is 13.2. The van der Waals surface area contributed by atoms with Crippen molar-refractivity contribution in [3.63, 3.8) is 0 Å². The zero-order valence-electron chi connectivity index (χ0n) is 18.9. The van der Waals surface area contributed by atoms with Crippen molar-refractivity contribution in [3.05, 3.63) is 84.4 Å². The Morgan fingerprint density at radius 3 is 2.38 bits per heavy atom. The van der Waals surface area contributed by atoms with Gasteiger partial charge in [-0.25, -0.2) is 4.90 Å². The average Bonchev–Trinajstić information content (AvgIpc) is 3.15. The highest BCUT2D eigenvalue weighted by Crippen LogP contribution is 2.35. The zero-order chi connectivity index (χ0) is 23.9. The molecule has 34 heavy (non-hydrogen) atoms. The lowest BCUT2D eigenvalue weighted by molar-refractivity contribution is -0.121. The third-order valence-corrected chi connectivity index (χ3v) is 6.38. The van der Waals surface area contributed by atoms with E-state index in [1.807, 2.05) is 54.6 Å². The lowest BCUT2D eigenvalue weighted by Gasteiger charge is -2.18. The molecule has 1 fully saturated rings. The molecule has 0 saturated carbocycles. The van der Waals surface area contributed by atoms with E-state index in [1.54, 1.807) is 31.4 Å². The number of anilines is 2. The standard InChI is InChI=1S/C26H25N3O4S/c1-32-20-14-12-18(13-15-20)17-27-26(28-19-8-4-3-5-9-19)34-23-16-24(30)29(25(23)31)21-10-6-7-11-22(21)33-2/h3-15,23H,16-17H2,1-2H3,(H,27,28). The zero-order valence-corrected chi connectivity index (χ0v) is 19.7. The van der Waals surface area contributed by atoms with Gasteiger partial charge in [-0.1, -0.05) is 54.2 Å². The number of ether oxygens (including phenoxy) is 2. The van der Waals surface area contributed by atoms with Crippen LogP contribution in [0.15, 0.2) is 83.9 Å². The summed E-state index contributed by atoms with van der Waals surface area (Å²) in [5, 5.41) is 3.26. The molecule has 7 nitrogen and oxygen atoms in total. The molecule has 1 N–H and O–H groups in total. The molecule has 3 aromatic carbocycles. The molecular formula is C26H25N3O4S. The molecule has 1 heterocycles. The van der Waals surface area contributed by atoms with Gasteiger partial charge in [0.25, 0.3) is 0 Å². The number of amidine groups is 1. The van der Waals surface area contributed by atoms with Gasteiger partial charge >= 0.3 is 0 Å². The van der Waals surface area contributed by atoms with E-state index in [0.29, 0.717) is 23.1 Å². The highest BCUT2D eigenvalue weighted by Gasteiger charge is 2.41. The van der Waals surface area contributed by atoms with Gasteiger partial charge in [-0.05, 0) is 42.0 Å². The summed E-state index contributed by atoms with van der Waals surface area (Å²) in [5.74, 6) is 0.703. The first-order chi connectivity index (χ1) is 16.6. The number of hydrogen-bond donors (Lipinski definition) is 1. The molecule has 1 aliphatic rings. The Balaban J connectivity index is 1.55. The number of carbonyl (C=O) groups excluding carboxylic acids is 2.